The Morgan fingerprint density at radius 3 is 2.19 bits per heavy atom. The van der Waals surface area contributed by atoms with Gasteiger partial charge in [0.2, 0.25) is 0 Å². The molecule has 3 unspecified atom stereocenters. The van der Waals surface area contributed by atoms with E-state index in [1.807, 2.05) is 13.8 Å². The maximum absolute atomic E-state index is 12.5. The lowest BCUT2D eigenvalue weighted by Gasteiger charge is -2.37. The summed E-state index contributed by atoms with van der Waals surface area (Å²) in [5.41, 5.74) is 5.17. The zero-order valence-electron chi connectivity index (χ0n) is 9.63. The molecule has 0 aromatic heterocycles. The molecule has 2 N–H and O–H groups in total. The molecule has 1 saturated heterocycles. The number of ether oxygens (including phenoxy) is 1. The van der Waals surface area contributed by atoms with Gasteiger partial charge < -0.3 is 10.5 Å². The zero-order chi connectivity index (χ0) is 12.3. The van der Waals surface area contributed by atoms with E-state index >= 15 is 0 Å². The summed E-state index contributed by atoms with van der Waals surface area (Å²) < 4.78 is 43.1. The summed E-state index contributed by atoms with van der Waals surface area (Å²) >= 11 is 0. The number of alkyl halides is 3. The van der Waals surface area contributed by atoms with E-state index in [0.717, 1.165) is 0 Å². The van der Waals surface area contributed by atoms with Crippen molar-refractivity contribution in [2.45, 2.75) is 32.2 Å². The molecule has 0 aromatic carbocycles. The Hall–Kier alpha value is -0.330. The highest BCUT2D eigenvalue weighted by atomic mass is 19.4. The van der Waals surface area contributed by atoms with Crippen LogP contribution >= 0.6 is 0 Å². The number of nitrogens with zero attached hydrogens (tertiary/aromatic N) is 1. The molecule has 0 aromatic rings. The molecule has 0 spiro atoms. The third kappa shape index (κ3) is 3.92. The van der Waals surface area contributed by atoms with E-state index in [-0.39, 0.29) is 25.3 Å². The second kappa shape index (κ2) is 5.33. The minimum atomic E-state index is -4.21. The molecule has 96 valence electrons. The summed E-state index contributed by atoms with van der Waals surface area (Å²) in [6.07, 6.45) is -4.25. The predicted octanol–water partition coefficient (Wildman–Crippen LogP) is 1.23. The summed E-state index contributed by atoms with van der Waals surface area (Å²) in [5.74, 6) is -1.44. The molecule has 16 heavy (non-hydrogen) atoms. The maximum atomic E-state index is 12.5. The second-order valence-electron chi connectivity index (χ2n) is 4.45. The van der Waals surface area contributed by atoms with Crippen LogP contribution in [0.25, 0.3) is 0 Å². The molecule has 0 saturated carbocycles. The van der Waals surface area contributed by atoms with Crippen molar-refractivity contribution in [3.8, 4) is 0 Å². The maximum Gasteiger partial charge on any atom is 0.394 e. The molecular formula is C10H19F3N2O. The molecule has 1 aliphatic heterocycles. The van der Waals surface area contributed by atoms with Crippen molar-refractivity contribution in [3.05, 3.63) is 0 Å². The normalized spacial score (nSPS) is 30.4. The minimum absolute atomic E-state index is 0.0181. The third-order valence-corrected chi connectivity index (χ3v) is 2.72. The SMILES string of the molecule is CC1CN(CC(CN)C(F)(F)F)CC(C)O1. The lowest BCUT2D eigenvalue weighted by atomic mass is 10.1. The van der Waals surface area contributed by atoms with Gasteiger partial charge in [0.25, 0.3) is 0 Å². The van der Waals surface area contributed by atoms with E-state index < -0.39 is 12.1 Å². The number of morpholine rings is 1. The number of nitrogens with two attached hydrogens (primary N) is 1. The van der Waals surface area contributed by atoms with Gasteiger partial charge in [0.05, 0.1) is 18.1 Å². The Balaban J connectivity index is 2.51. The zero-order valence-corrected chi connectivity index (χ0v) is 9.63. The minimum Gasteiger partial charge on any atom is -0.373 e. The summed E-state index contributed by atoms with van der Waals surface area (Å²) in [7, 11) is 0. The van der Waals surface area contributed by atoms with E-state index in [2.05, 4.69) is 0 Å². The van der Waals surface area contributed by atoms with Crippen molar-refractivity contribution in [1.82, 2.24) is 4.90 Å². The van der Waals surface area contributed by atoms with Crippen molar-refractivity contribution in [1.29, 1.82) is 0 Å². The fraction of sp³-hybridized carbons (Fsp3) is 1.00. The van der Waals surface area contributed by atoms with Crippen molar-refractivity contribution in [2.75, 3.05) is 26.2 Å². The number of hydrogen-bond donors (Lipinski definition) is 1. The Labute approximate surface area is 93.7 Å². The summed E-state index contributed by atoms with van der Waals surface area (Å²) in [6.45, 7) is 4.43. The van der Waals surface area contributed by atoms with Crippen LogP contribution in [-0.4, -0.2) is 49.5 Å². The highest BCUT2D eigenvalue weighted by Gasteiger charge is 2.40. The van der Waals surface area contributed by atoms with Crippen LogP contribution in [0.2, 0.25) is 0 Å². The van der Waals surface area contributed by atoms with Gasteiger partial charge in [-0.05, 0) is 13.8 Å². The monoisotopic (exact) mass is 240 g/mol. The fourth-order valence-corrected chi connectivity index (χ4v) is 2.06. The van der Waals surface area contributed by atoms with Gasteiger partial charge in [-0.25, -0.2) is 0 Å². The Morgan fingerprint density at radius 2 is 1.81 bits per heavy atom. The Morgan fingerprint density at radius 1 is 1.31 bits per heavy atom. The quantitative estimate of drug-likeness (QED) is 0.806. The molecule has 1 fully saturated rings. The first kappa shape index (κ1) is 13.7. The van der Waals surface area contributed by atoms with E-state index in [0.29, 0.717) is 13.1 Å². The highest BCUT2D eigenvalue weighted by molar-refractivity contribution is 4.78. The fourth-order valence-electron chi connectivity index (χ4n) is 2.06. The Kier molecular flexibility index (Phi) is 4.58. The van der Waals surface area contributed by atoms with Crippen LogP contribution < -0.4 is 5.73 Å². The largest absolute Gasteiger partial charge is 0.394 e. The molecule has 0 aliphatic carbocycles. The van der Waals surface area contributed by atoms with Gasteiger partial charge in [-0.1, -0.05) is 0 Å². The van der Waals surface area contributed by atoms with Gasteiger partial charge in [-0.2, -0.15) is 13.2 Å². The first-order valence-corrected chi connectivity index (χ1v) is 5.47. The van der Waals surface area contributed by atoms with E-state index in [1.165, 1.54) is 0 Å². The van der Waals surface area contributed by atoms with Gasteiger partial charge >= 0.3 is 6.18 Å². The summed E-state index contributed by atoms with van der Waals surface area (Å²) in [6, 6.07) is 0. The first-order chi connectivity index (χ1) is 7.32. The smallest absolute Gasteiger partial charge is 0.373 e. The standard InChI is InChI=1S/C10H19F3N2O/c1-7-4-15(5-8(2)16-7)6-9(3-14)10(11,12)13/h7-9H,3-6,14H2,1-2H3. The van der Waals surface area contributed by atoms with Crippen LogP contribution in [0.5, 0.6) is 0 Å². The van der Waals surface area contributed by atoms with Crippen LogP contribution in [0.4, 0.5) is 13.2 Å². The number of halogens is 3. The first-order valence-electron chi connectivity index (χ1n) is 5.47. The van der Waals surface area contributed by atoms with Gasteiger partial charge in [-0.3, -0.25) is 4.90 Å². The lowest BCUT2D eigenvalue weighted by Crippen LogP contribution is -2.50. The van der Waals surface area contributed by atoms with Crippen LogP contribution in [0.15, 0.2) is 0 Å². The number of rotatable bonds is 3. The number of hydrogen-bond acceptors (Lipinski definition) is 3. The van der Waals surface area contributed by atoms with Gasteiger partial charge in [0, 0.05) is 26.2 Å². The van der Waals surface area contributed by atoms with Crippen molar-refractivity contribution in [3.63, 3.8) is 0 Å². The van der Waals surface area contributed by atoms with E-state index in [4.69, 9.17) is 10.5 Å². The topological polar surface area (TPSA) is 38.5 Å². The predicted molar refractivity (Wildman–Crippen MR) is 55.0 cm³/mol. The molecule has 1 aliphatic rings. The molecule has 0 amide bonds. The Bertz CT molecular complexity index is 213. The molecule has 1 rings (SSSR count). The van der Waals surface area contributed by atoms with Crippen molar-refractivity contribution < 1.29 is 17.9 Å². The van der Waals surface area contributed by atoms with Gasteiger partial charge in [-0.15, -0.1) is 0 Å². The summed E-state index contributed by atoms with van der Waals surface area (Å²) in [4.78, 5) is 1.78. The van der Waals surface area contributed by atoms with Crippen molar-refractivity contribution in [2.24, 2.45) is 11.7 Å². The average molecular weight is 240 g/mol. The highest BCUT2D eigenvalue weighted by Crippen LogP contribution is 2.27. The van der Waals surface area contributed by atoms with Crippen LogP contribution in [0, 0.1) is 5.92 Å². The molecular weight excluding hydrogens is 221 g/mol. The van der Waals surface area contributed by atoms with E-state index in [9.17, 15) is 13.2 Å². The van der Waals surface area contributed by atoms with Gasteiger partial charge in [0.1, 0.15) is 0 Å². The van der Waals surface area contributed by atoms with Crippen molar-refractivity contribution >= 4 is 0 Å². The third-order valence-electron chi connectivity index (χ3n) is 2.72. The van der Waals surface area contributed by atoms with Crippen LogP contribution in [0.1, 0.15) is 13.8 Å². The molecule has 3 atom stereocenters. The molecule has 3 nitrogen and oxygen atoms in total. The van der Waals surface area contributed by atoms with Gasteiger partial charge in [0.15, 0.2) is 0 Å². The van der Waals surface area contributed by atoms with Crippen LogP contribution in [-0.2, 0) is 4.74 Å². The van der Waals surface area contributed by atoms with Crippen LogP contribution in [0.3, 0.4) is 0 Å². The molecule has 0 radical (unpaired) electrons. The second-order valence-corrected chi connectivity index (χ2v) is 4.45. The molecule has 0 bridgehead atoms. The molecule has 1 heterocycles. The van der Waals surface area contributed by atoms with E-state index in [1.54, 1.807) is 4.90 Å². The molecule has 6 heteroatoms. The average Bonchev–Trinajstić information content (AvgIpc) is 2.10. The summed E-state index contributed by atoms with van der Waals surface area (Å²) in [5, 5.41) is 0. The lowest BCUT2D eigenvalue weighted by molar-refractivity contribution is -0.181.